The molecule has 0 aromatic heterocycles. The normalized spacial score (nSPS) is 12.6. The minimum atomic E-state index is -4.96. The fourth-order valence-electron chi connectivity index (χ4n) is 2.21. The third kappa shape index (κ3) is 6.79. The van der Waals surface area contributed by atoms with Crippen molar-refractivity contribution in [2.45, 2.75) is 18.6 Å². The molecule has 0 saturated heterocycles. The average Bonchev–Trinajstić information content (AvgIpc) is 2.60. The van der Waals surface area contributed by atoms with E-state index in [4.69, 9.17) is 11.6 Å². The zero-order chi connectivity index (χ0) is 19.9. The van der Waals surface area contributed by atoms with Crippen molar-refractivity contribution < 1.29 is 22.8 Å². The van der Waals surface area contributed by atoms with Crippen LogP contribution in [0.25, 0.3) is 0 Å². The van der Waals surface area contributed by atoms with Crippen LogP contribution in [0.3, 0.4) is 0 Å². The maximum atomic E-state index is 12.5. The Labute approximate surface area is 159 Å². The summed E-state index contributed by atoms with van der Waals surface area (Å²) in [5.74, 6) is -2.49. The molecule has 1 unspecified atom stereocenters. The minimum Gasteiger partial charge on any atom is -0.379 e. The quantitative estimate of drug-likeness (QED) is 0.692. The molecule has 8 heteroatoms. The number of carbonyl (C=O) groups is 2. The van der Waals surface area contributed by atoms with E-state index < -0.39 is 23.9 Å². The molecule has 1 amide bonds. The number of nitrogens with one attached hydrogen (secondary N) is 2. The smallest absolute Gasteiger partial charge is 0.379 e. The molecule has 4 nitrogen and oxygen atoms in total. The number of carbonyl (C=O) groups excluding carboxylic acids is 2. The van der Waals surface area contributed by atoms with Crippen LogP contribution in [0, 0.1) is 0 Å². The lowest BCUT2D eigenvalue weighted by Crippen LogP contribution is -2.39. The summed E-state index contributed by atoms with van der Waals surface area (Å²) in [7, 11) is 0. The molecule has 2 aromatic rings. The van der Waals surface area contributed by atoms with Gasteiger partial charge in [-0.25, -0.2) is 0 Å². The number of hydrogen-bond donors (Lipinski definition) is 2. The van der Waals surface area contributed by atoms with E-state index in [0.29, 0.717) is 16.8 Å². The van der Waals surface area contributed by atoms with Crippen LogP contribution in [0.15, 0.2) is 66.9 Å². The summed E-state index contributed by atoms with van der Waals surface area (Å²) in [6.07, 6.45) is -3.57. The molecule has 1 atom stereocenters. The van der Waals surface area contributed by atoms with E-state index in [1.165, 1.54) is 0 Å². The molecule has 0 aliphatic rings. The molecule has 0 aliphatic carbocycles. The van der Waals surface area contributed by atoms with Crippen molar-refractivity contribution in [2.75, 3.05) is 5.32 Å². The summed E-state index contributed by atoms with van der Waals surface area (Å²) in [5.41, 5.74) is 1.24. The Morgan fingerprint density at radius 2 is 1.78 bits per heavy atom. The fourth-order valence-corrected chi connectivity index (χ4v) is 2.40. The largest absolute Gasteiger partial charge is 0.454 e. The summed E-state index contributed by atoms with van der Waals surface area (Å²) in [6.45, 7) is 0. The van der Waals surface area contributed by atoms with Crippen LogP contribution in [0.2, 0.25) is 5.02 Å². The molecule has 0 fully saturated rings. The molecule has 142 valence electrons. The molecule has 2 N–H and O–H groups in total. The van der Waals surface area contributed by atoms with Gasteiger partial charge in [0.05, 0.1) is 0 Å². The lowest BCUT2D eigenvalue weighted by molar-refractivity contribution is -0.165. The Morgan fingerprint density at radius 1 is 1.07 bits per heavy atom. The van der Waals surface area contributed by atoms with Crippen molar-refractivity contribution in [3.63, 3.8) is 0 Å². The van der Waals surface area contributed by atoms with E-state index in [2.05, 4.69) is 10.6 Å². The number of halogens is 4. The fraction of sp³-hybridized carbons (Fsp3) is 0.158. The van der Waals surface area contributed by atoms with Crippen LogP contribution in [0.4, 0.5) is 18.9 Å². The van der Waals surface area contributed by atoms with Gasteiger partial charge in [-0.2, -0.15) is 13.2 Å². The van der Waals surface area contributed by atoms with E-state index >= 15 is 0 Å². The van der Waals surface area contributed by atoms with Crippen LogP contribution in [0.1, 0.15) is 5.56 Å². The highest BCUT2D eigenvalue weighted by atomic mass is 35.5. The van der Waals surface area contributed by atoms with Gasteiger partial charge >= 0.3 is 6.18 Å². The van der Waals surface area contributed by atoms with Gasteiger partial charge in [0.15, 0.2) is 0 Å². The molecular formula is C19H16ClF3N2O2. The lowest BCUT2D eigenvalue weighted by Gasteiger charge is -2.17. The number of alkyl halides is 3. The molecule has 27 heavy (non-hydrogen) atoms. The monoisotopic (exact) mass is 396 g/mol. The predicted octanol–water partition coefficient (Wildman–Crippen LogP) is 4.12. The summed E-state index contributed by atoms with van der Waals surface area (Å²) < 4.78 is 36.9. The van der Waals surface area contributed by atoms with E-state index in [1.807, 2.05) is 0 Å². The number of benzene rings is 2. The molecule has 2 rings (SSSR count). The van der Waals surface area contributed by atoms with Gasteiger partial charge < -0.3 is 10.6 Å². The zero-order valence-corrected chi connectivity index (χ0v) is 14.7. The first-order chi connectivity index (χ1) is 12.8. The zero-order valence-electron chi connectivity index (χ0n) is 14.0. The van der Waals surface area contributed by atoms with E-state index in [0.717, 1.165) is 11.8 Å². The van der Waals surface area contributed by atoms with Crippen molar-refractivity contribution in [1.29, 1.82) is 0 Å². The minimum absolute atomic E-state index is 0.206. The molecule has 0 aliphatic heterocycles. The summed E-state index contributed by atoms with van der Waals surface area (Å²) in [5, 5.41) is 5.63. The molecule has 0 heterocycles. The molecular weight excluding hydrogens is 381 g/mol. The maximum Gasteiger partial charge on any atom is 0.454 e. The van der Waals surface area contributed by atoms with Gasteiger partial charge in [-0.15, -0.1) is 0 Å². The van der Waals surface area contributed by atoms with E-state index in [9.17, 15) is 22.8 Å². The molecule has 0 radical (unpaired) electrons. The van der Waals surface area contributed by atoms with Crippen molar-refractivity contribution >= 4 is 29.0 Å². The highest BCUT2D eigenvalue weighted by Gasteiger charge is 2.36. The van der Waals surface area contributed by atoms with Crippen LogP contribution >= 0.6 is 11.6 Å². The number of ketones is 1. The standard InChI is InChI=1S/C19H16ClF3N2O2/c20-14-7-4-8-15(12-14)25-18(27)16(11-13-5-2-1-3-6-13)24-10-9-17(26)19(21,22)23/h1-10,12,16,24H,11H2,(H,25,27)/b10-9+. The second-order valence-electron chi connectivity index (χ2n) is 5.60. The SMILES string of the molecule is O=C(Nc1cccc(Cl)c1)C(Cc1ccccc1)N/C=C/C(=O)C(F)(F)F. The second-order valence-corrected chi connectivity index (χ2v) is 6.04. The highest BCUT2D eigenvalue weighted by Crippen LogP contribution is 2.17. The van der Waals surface area contributed by atoms with Gasteiger partial charge in [-0.3, -0.25) is 9.59 Å². The summed E-state index contributed by atoms with van der Waals surface area (Å²) in [6, 6.07) is 14.5. The molecule has 2 aromatic carbocycles. The highest BCUT2D eigenvalue weighted by molar-refractivity contribution is 6.30. The van der Waals surface area contributed by atoms with Crippen LogP contribution < -0.4 is 10.6 Å². The van der Waals surface area contributed by atoms with Gasteiger partial charge in [-0.05, 0) is 23.8 Å². The number of hydrogen-bond acceptors (Lipinski definition) is 3. The third-order valence-corrected chi connectivity index (χ3v) is 3.74. The maximum absolute atomic E-state index is 12.5. The Morgan fingerprint density at radius 3 is 2.41 bits per heavy atom. The topological polar surface area (TPSA) is 58.2 Å². The van der Waals surface area contributed by atoms with Crippen molar-refractivity contribution in [3.8, 4) is 0 Å². The van der Waals surface area contributed by atoms with Crippen LogP contribution in [0.5, 0.6) is 0 Å². The van der Waals surface area contributed by atoms with Gasteiger partial charge in [0.25, 0.3) is 5.78 Å². The third-order valence-electron chi connectivity index (χ3n) is 3.50. The number of allylic oxidation sites excluding steroid dienone is 1. The number of rotatable bonds is 7. The van der Waals surface area contributed by atoms with Crippen molar-refractivity contribution in [3.05, 3.63) is 77.5 Å². The van der Waals surface area contributed by atoms with Crippen molar-refractivity contribution in [1.82, 2.24) is 5.32 Å². The predicted molar refractivity (Wildman–Crippen MR) is 97.4 cm³/mol. The Hall–Kier alpha value is -2.80. The van der Waals surface area contributed by atoms with Crippen LogP contribution in [-0.4, -0.2) is 23.9 Å². The van der Waals surface area contributed by atoms with Gasteiger partial charge in [0.2, 0.25) is 5.91 Å². The Balaban J connectivity index is 2.12. The summed E-state index contributed by atoms with van der Waals surface area (Å²) in [4.78, 5) is 23.5. The second kappa shape index (κ2) is 9.23. The first-order valence-corrected chi connectivity index (χ1v) is 8.27. The molecule has 0 bridgehead atoms. The summed E-state index contributed by atoms with van der Waals surface area (Å²) >= 11 is 5.88. The lowest BCUT2D eigenvalue weighted by atomic mass is 10.1. The molecule has 0 saturated carbocycles. The van der Waals surface area contributed by atoms with Gasteiger partial charge in [0, 0.05) is 29.4 Å². The average molecular weight is 397 g/mol. The van der Waals surface area contributed by atoms with Crippen LogP contribution in [-0.2, 0) is 16.0 Å². The number of anilines is 1. The Kier molecular flexibility index (Phi) is 7.01. The first-order valence-electron chi connectivity index (χ1n) is 7.90. The Bertz CT molecular complexity index is 823. The van der Waals surface area contributed by atoms with E-state index in [1.54, 1.807) is 54.6 Å². The number of amides is 1. The van der Waals surface area contributed by atoms with Crippen molar-refractivity contribution in [2.24, 2.45) is 0 Å². The van der Waals surface area contributed by atoms with E-state index in [-0.39, 0.29) is 6.42 Å². The van der Waals surface area contributed by atoms with Gasteiger partial charge in [0.1, 0.15) is 6.04 Å². The first kappa shape index (κ1) is 20.5. The molecule has 0 spiro atoms. The van der Waals surface area contributed by atoms with Gasteiger partial charge in [-0.1, -0.05) is 48.0 Å².